The maximum absolute atomic E-state index is 6.37. The minimum Gasteiger partial charge on any atom is -0.493 e. The Kier molecular flexibility index (Phi) is 4.64. The normalized spacial score (nSPS) is 10.9. The molecular formula is C16H17ClN4O2. The summed E-state index contributed by atoms with van der Waals surface area (Å²) in [6.45, 7) is 1.16. The monoisotopic (exact) mass is 332 g/mol. The van der Waals surface area contributed by atoms with Crippen molar-refractivity contribution in [2.45, 2.75) is 13.1 Å². The summed E-state index contributed by atoms with van der Waals surface area (Å²) >= 11 is 6.37. The fraction of sp³-hybridized carbons (Fsp3) is 0.250. The molecule has 7 heteroatoms. The van der Waals surface area contributed by atoms with Crippen LogP contribution in [0.3, 0.4) is 0 Å². The number of ether oxygens (including phenoxy) is 2. The second-order valence-electron chi connectivity index (χ2n) is 4.92. The molecule has 2 aromatic heterocycles. The van der Waals surface area contributed by atoms with Crippen molar-refractivity contribution in [2.75, 3.05) is 14.2 Å². The number of hydrogen-bond donors (Lipinski definition) is 1. The maximum Gasteiger partial charge on any atom is 0.179 e. The highest BCUT2D eigenvalue weighted by Crippen LogP contribution is 2.37. The number of hydrogen-bond acceptors (Lipinski definition) is 5. The number of nitrogens with one attached hydrogen (secondary N) is 1. The van der Waals surface area contributed by atoms with Gasteiger partial charge in [-0.05, 0) is 23.8 Å². The maximum atomic E-state index is 6.37. The molecule has 0 amide bonds. The number of aromatic nitrogens is 3. The molecule has 0 saturated heterocycles. The molecule has 0 unspecified atom stereocenters. The van der Waals surface area contributed by atoms with Crippen molar-refractivity contribution < 1.29 is 9.47 Å². The molecule has 3 aromatic rings. The fourth-order valence-electron chi connectivity index (χ4n) is 2.39. The Hall–Kier alpha value is -2.31. The van der Waals surface area contributed by atoms with Crippen LogP contribution in [0.2, 0.25) is 5.02 Å². The molecule has 3 rings (SSSR count). The molecule has 2 heterocycles. The van der Waals surface area contributed by atoms with Crippen molar-refractivity contribution in [3.63, 3.8) is 0 Å². The number of nitrogens with zero attached hydrogens (tertiary/aromatic N) is 3. The number of fused-ring (bicyclic) bond motifs is 1. The van der Waals surface area contributed by atoms with Crippen molar-refractivity contribution in [1.29, 1.82) is 0 Å². The molecule has 0 bridgehead atoms. The van der Waals surface area contributed by atoms with E-state index in [0.717, 1.165) is 17.0 Å². The van der Waals surface area contributed by atoms with Crippen LogP contribution in [0.5, 0.6) is 11.5 Å². The minimum absolute atomic E-state index is 0.543. The van der Waals surface area contributed by atoms with Gasteiger partial charge in [-0.2, -0.15) is 0 Å². The van der Waals surface area contributed by atoms with Crippen LogP contribution >= 0.6 is 11.6 Å². The lowest BCUT2D eigenvalue weighted by atomic mass is 10.2. The summed E-state index contributed by atoms with van der Waals surface area (Å²) in [7, 11) is 3.16. The molecule has 0 aliphatic carbocycles. The van der Waals surface area contributed by atoms with E-state index in [1.54, 1.807) is 14.2 Å². The van der Waals surface area contributed by atoms with Crippen LogP contribution in [0.15, 0.2) is 36.5 Å². The Morgan fingerprint density at radius 2 is 1.96 bits per heavy atom. The van der Waals surface area contributed by atoms with Gasteiger partial charge in [0.1, 0.15) is 0 Å². The molecule has 0 saturated carbocycles. The predicted molar refractivity (Wildman–Crippen MR) is 88.1 cm³/mol. The number of methoxy groups -OCH3 is 2. The fourth-order valence-corrected chi connectivity index (χ4v) is 2.69. The average Bonchev–Trinajstić information content (AvgIpc) is 2.99. The SMILES string of the molecule is COc1ccc(CNCc2nnc3ccccn23)c(Cl)c1OC. The molecule has 120 valence electrons. The first-order valence-electron chi connectivity index (χ1n) is 7.13. The Morgan fingerprint density at radius 1 is 1.09 bits per heavy atom. The van der Waals surface area contributed by atoms with Crippen molar-refractivity contribution in [2.24, 2.45) is 0 Å². The smallest absolute Gasteiger partial charge is 0.179 e. The van der Waals surface area contributed by atoms with E-state index in [9.17, 15) is 0 Å². The van der Waals surface area contributed by atoms with E-state index in [1.165, 1.54) is 0 Å². The molecule has 0 radical (unpaired) electrons. The average molecular weight is 333 g/mol. The Labute approximate surface area is 139 Å². The van der Waals surface area contributed by atoms with E-state index in [-0.39, 0.29) is 0 Å². The van der Waals surface area contributed by atoms with Gasteiger partial charge >= 0.3 is 0 Å². The molecule has 6 nitrogen and oxygen atoms in total. The van der Waals surface area contributed by atoms with Gasteiger partial charge in [-0.3, -0.25) is 4.40 Å². The van der Waals surface area contributed by atoms with E-state index < -0.39 is 0 Å². The number of pyridine rings is 1. The van der Waals surface area contributed by atoms with E-state index >= 15 is 0 Å². The lowest BCUT2D eigenvalue weighted by Gasteiger charge is -2.13. The van der Waals surface area contributed by atoms with Crippen LogP contribution in [0, 0.1) is 0 Å². The Balaban J connectivity index is 1.71. The Morgan fingerprint density at radius 3 is 2.74 bits per heavy atom. The third kappa shape index (κ3) is 3.09. The summed E-state index contributed by atoms with van der Waals surface area (Å²) in [5.74, 6) is 2.00. The molecule has 0 aliphatic rings. The first-order chi connectivity index (χ1) is 11.2. The highest BCUT2D eigenvalue weighted by atomic mass is 35.5. The molecule has 23 heavy (non-hydrogen) atoms. The van der Waals surface area contributed by atoms with E-state index in [2.05, 4.69) is 15.5 Å². The highest BCUT2D eigenvalue weighted by molar-refractivity contribution is 6.33. The van der Waals surface area contributed by atoms with Crippen LogP contribution in [0.1, 0.15) is 11.4 Å². The lowest BCUT2D eigenvalue weighted by molar-refractivity contribution is 0.354. The van der Waals surface area contributed by atoms with Gasteiger partial charge in [0.25, 0.3) is 0 Å². The number of halogens is 1. The zero-order chi connectivity index (χ0) is 16.2. The van der Waals surface area contributed by atoms with E-state index in [1.807, 2.05) is 40.9 Å². The summed E-state index contributed by atoms with van der Waals surface area (Å²) in [6.07, 6.45) is 1.94. The molecule has 0 atom stereocenters. The van der Waals surface area contributed by atoms with Gasteiger partial charge in [0.2, 0.25) is 0 Å². The van der Waals surface area contributed by atoms with Crippen molar-refractivity contribution in [3.8, 4) is 11.5 Å². The zero-order valence-corrected chi connectivity index (χ0v) is 13.7. The topological polar surface area (TPSA) is 60.7 Å². The van der Waals surface area contributed by atoms with Crippen molar-refractivity contribution >= 4 is 17.2 Å². The van der Waals surface area contributed by atoms with E-state index in [4.69, 9.17) is 21.1 Å². The number of rotatable bonds is 6. The quantitative estimate of drug-likeness (QED) is 0.752. The largest absolute Gasteiger partial charge is 0.493 e. The van der Waals surface area contributed by atoms with Crippen molar-refractivity contribution in [1.82, 2.24) is 19.9 Å². The van der Waals surface area contributed by atoms with Crippen LogP contribution in [0.25, 0.3) is 5.65 Å². The first-order valence-corrected chi connectivity index (χ1v) is 7.51. The highest BCUT2D eigenvalue weighted by Gasteiger charge is 2.13. The van der Waals surface area contributed by atoms with Gasteiger partial charge in [0, 0.05) is 12.7 Å². The molecule has 0 spiro atoms. The van der Waals surface area contributed by atoms with Gasteiger partial charge < -0.3 is 14.8 Å². The van der Waals surface area contributed by atoms with E-state index in [0.29, 0.717) is 29.6 Å². The van der Waals surface area contributed by atoms with Gasteiger partial charge in [0.15, 0.2) is 23.0 Å². The van der Waals surface area contributed by atoms with Gasteiger partial charge in [-0.25, -0.2) is 0 Å². The second-order valence-corrected chi connectivity index (χ2v) is 5.30. The van der Waals surface area contributed by atoms with Crippen LogP contribution < -0.4 is 14.8 Å². The molecule has 0 fully saturated rings. The second kappa shape index (κ2) is 6.85. The van der Waals surface area contributed by atoms with Crippen LogP contribution in [-0.4, -0.2) is 28.8 Å². The summed E-state index contributed by atoms with van der Waals surface area (Å²) in [5.41, 5.74) is 1.76. The van der Waals surface area contributed by atoms with Crippen LogP contribution in [0.4, 0.5) is 0 Å². The summed E-state index contributed by atoms with van der Waals surface area (Å²) in [5, 5.41) is 12.2. The third-order valence-corrected chi connectivity index (χ3v) is 3.96. The standard InChI is InChI=1S/C16H17ClN4O2/c1-22-12-7-6-11(15(17)16(12)23-2)9-18-10-14-20-19-13-5-3-4-8-21(13)14/h3-8,18H,9-10H2,1-2H3. The molecule has 0 aliphatic heterocycles. The molecular weight excluding hydrogens is 316 g/mol. The summed E-state index contributed by atoms with van der Waals surface area (Å²) in [4.78, 5) is 0. The first kappa shape index (κ1) is 15.6. The summed E-state index contributed by atoms with van der Waals surface area (Å²) in [6, 6.07) is 9.56. The van der Waals surface area contributed by atoms with Gasteiger partial charge in [-0.1, -0.05) is 23.7 Å². The number of benzene rings is 1. The summed E-state index contributed by atoms with van der Waals surface area (Å²) < 4.78 is 12.5. The predicted octanol–water partition coefficient (Wildman–Crippen LogP) is 2.69. The lowest BCUT2D eigenvalue weighted by Crippen LogP contribution is -2.15. The zero-order valence-electron chi connectivity index (χ0n) is 12.9. The third-order valence-electron chi connectivity index (χ3n) is 3.55. The minimum atomic E-state index is 0.543. The molecule has 1 aromatic carbocycles. The Bertz CT molecular complexity index is 819. The van der Waals surface area contributed by atoms with Crippen molar-refractivity contribution in [3.05, 3.63) is 52.9 Å². The van der Waals surface area contributed by atoms with Gasteiger partial charge in [0.05, 0.1) is 25.8 Å². The van der Waals surface area contributed by atoms with Gasteiger partial charge in [-0.15, -0.1) is 10.2 Å². The van der Waals surface area contributed by atoms with Crippen LogP contribution in [-0.2, 0) is 13.1 Å². The molecule has 1 N–H and O–H groups in total.